The summed E-state index contributed by atoms with van der Waals surface area (Å²) in [6, 6.07) is 3.56. The smallest absolute Gasteiger partial charge is 0.254 e. The largest absolute Gasteiger partial charge is 0.448 e. The minimum Gasteiger partial charge on any atom is -0.448 e. The molecule has 1 unspecified atom stereocenters. The number of aromatic nitrogens is 1. The van der Waals surface area contributed by atoms with Crippen LogP contribution in [0.3, 0.4) is 0 Å². The van der Waals surface area contributed by atoms with Crippen molar-refractivity contribution in [1.29, 1.82) is 0 Å². The summed E-state index contributed by atoms with van der Waals surface area (Å²) in [7, 11) is 1.50. The van der Waals surface area contributed by atoms with E-state index in [1.807, 2.05) is 26.2 Å². The topological polar surface area (TPSA) is 119 Å². The fourth-order valence-corrected chi connectivity index (χ4v) is 6.15. The lowest BCUT2D eigenvalue weighted by atomic mass is 9.81. The molecule has 1 atom stereocenters. The molecular weight excluding hydrogens is 530 g/mol. The second kappa shape index (κ2) is 11.6. The molecule has 11 heteroatoms. The highest BCUT2D eigenvalue weighted by Crippen LogP contribution is 2.51. The maximum Gasteiger partial charge on any atom is 0.254 e. The Morgan fingerprint density at radius 2 is 1.87 bits per heavy atom. The Morgan fingerprint density at radius 1 is 1.18 bits per heavy atom. The van der Waals surface area contributed by atoms with Crippen molar-refractivity contribution < 1.29 is 23.8 Å². The van der Waals surface area contributed by atoms with Crippen LogP contribution in [0.5, 0.6) is 11.5 Å². The molecule has 1 aliphatic heterocycles. The van der Waals surface area contributed by atoms with Crippen LogP contribution in [0, 0.1) is 19.8 Å². The molecule has 1 aromatic heterocycles. The van der Waals surface area contributed by atoms with Crippen molar-refractivity contribution >= 4 is 35.2 Å². The fraction of sp³-hybridized carbons (Fsp3) is 0.519. The highest BCUT2D eigenvalue weighted by molar-refractivity contribution is 7.98. The predicted octanol–water partition coefficient (Wildman–Crippen LogP) is 4.11. The van der Waals surface area contributed by atoms with E-state index in [2.05, 4.69) is 15.6 Å². The van der Waals surface area contributed by atoms with Crippen molar-refractivity contribution in [3.8, 4) is 11.5 Å². The third-order valence-electron chi connectivity index (χ3n) is 7.28. The van der Waals surface area contributed by atoms with Gasteiger partial charge in [-0.2, -0.15) is 0 Å². The van der Waals surface area contributed by atoms with Gasteiger partial charge in [-0.15, -0.1) is 11.8 Å². The molecule has 206 valence electrons. The molecule has 3 N–H and O–H groups in total. The molecule has 2 aliphatic rings. The Bertz CT molecular complexity index is 1290. The van der Waals surface area contributed by atoms with E-state index in [4.69, 9.17) is 25.8 Å². The number of carbonyl (C=O) groups is 2. The van der Waals surface area contributed by atoms with E-state index < -0.39 is 5.79 Å². The van der Waals surface area contributed by atoms with E-state index in [1.165, 1.54) is 18.9 Å². The first-order chi connectivity index (χ1) is 18.1. The molecule has 2 heterocycles. The van der Waals surface area contributed by atoms with E-state index in [-0.39, 0.29) is 47.5 Å². The second-order valence-corrected chi connectivity index (χ2v) is 11.2. The zero-order valence-electron chi connectivity index (χ0n) is 22.3. The van der Waals surface area contributed by atoms with Gasteiger partial charge in [0.2, 0.25) is 5.91 Å². The lowest BCUT2D eigenvalue weighted by Gasteiger charge is -2.37. The van der Waals surface area contributed by atoms with Crippen LogP contribution >= 0.6 is 23.4 Å². The van der Waals surface area contributed by atoms with Gasteiger partial charge in [0, 0.05) is 59.8 Å². The summed E-state index contributed by atoms with van der Waals surface area (Å²) >= 11 is 8.03. The van der Waals surface area contributed by atoms with Crippen LogP contribution in [0.25, 0.3) is 0 Å². The first kappa shape index (κ1) is 28.3. The normalized spacial score (nSPS) is 22.3. The molecule has 0 saturated heterocycles. The van der Waals surface area contributed by atoms with Gasteiger partial charge in [0.05, 0.1) is 5.02 Å². The van der Waals surface area contributed by atoms with Crippen molar-refractivity contribution in [2.24, 2.45) is 5.92 Å². The fourth-order valence-electron chi connectivity index (χ4n) is 5.21. The number of benzene rings is 1. The number of halogens is 1. The predicted molar refractivity (Wildman–Crippen MR) is 146 cm³/mol. The first-order valence-corrected chi connectivity index (χ1v) is 14.2. The van der Waals surface area contributed by atoms with Crippen LogP contribution in [0.4, 0.5) is 0 Å². The van der Waals surface area contributed by atoms with Crippen LogP contribution in [0.1, 0.15) is 59.8 Å². The molecule has 1 aromatic carbocycles. The van der Waals surface area contributed by atoms with Crippen molar-refractivity contribution in [3.63, 3.8) is 0 Å². The number of ether oxygens (including phenoxy) is 3. The standard InChI is InChI=1S/C27H34ClN3O6S/c1-14-10-21(38-5)19(26(34)30-14)12-29-25(33)18-11-20(28)24-23(15(18)2)36-27(3,37-24)16-6-8-17(9-7-16)31-22(32)13-35-4/h10-11,16-17H,6-9,12-13H2,1-5H3,(H,29,33)(H,30,34)(H,31,32). The van der Waals surface area contributed by atoms with Crippen molar-refractivity contribution in [1.82, 2.24) is 15.6 Å². The third kappa shape index (κ3) is 5.82. The number of hydrogen-bond donors (Lipinski definition) is 3. The van der Waals surface area contributed by atoms with E-state index >= 15 is 0 Å². The first-order valence-electron chi connectivity index (χ1n) is 12.6. The number of nitrogens with one attached hydrogen (secondary N) is 3. The van der Waals surface area contributed by atoms with Gasteiger partial charge in [-0.3, -0.25) is 14.4 Å². The van der Waals surface area contributed by atoms with Crippen LogP contribution in [-0.4, -0.2) is 48.6 Å². The maximum absolute atomic E-state index is 13.2. The number of aromatic amines is 1. The van der Waals surface area contributed by atoms with Crippen LogP contribution < -0.4 is 25.7 Å². The number of hydrogen-bond acceptors (Lipinski definition) is 7. The molecule has 2 aromatic rings. The molecular formula is C27H34ClN3O6S. The monoisotopic (exact) mass is 563 g/mol. The number of methoxy groups -OCH3 is 1. The Morgan fingerprint density at radius 3 is 2.53 bits per heavy atom. The summed E-state index contributed by atoms with van der Waals surface area (Å²) in [5, 5.41) is 6.14. The number of aryl methyl sites for hydroxylation is 1. The minimum atomic E-state index is -0.935. The van der Waals surface area contributed by atoms with E-state index in [9.17, 15) is 14.4 Å². The molecule has 1 fully saturated rings. The second-order valence-electron chi connectivity index (χ2n) is 9.97. The molecule has 0 bridgehead atoms. The van der Waals surface area contributed by atoms with Crippen LogP contribution in [-0.2, 0) is 16.1 Å². The molecule has 0 radical (unpaired) electrons. The summed E-state index contributed by atoms with van der Waals surface area (Å²) < 4.78 is 17.5. The van der Waals surface area contributed by atoms with Gasteiger partial charge in [0.15, 0.2) is 11.5 Å². The Kier molecular flexibility index (Phi) is 8.64. The highest BCUT2D eigenvalue weighted by Gasteiger charge is 2.47. The zero-order chi connectivity index (χ0) is 27.6. The maximum atomic E-state index is 13.2. The van der Waals surface area contributed by atoms with Crippen molar-refractivity contribution in [3.05, 3.63) is 49.9 Å². The molecule has 9 nitrogen and oxygen atoms in total. The van der Waals surface area contributed by atoms with Gasteiger partial charge in [0.25, 0.3) is 17.3 Å². The SMILES string of the molecule is COCC(=O)NC1CCC(C2(C)Oc3c(Cl)cc(C(=O)NCc4c(SC)cc(C)[nH]c4=O)c(C)c3O2)CC1. The van der Waals surface area contributed by atoms with Crippen molar-refractivity contribution in [2.75, 3.05) is 20.0 Å². The van der Waals surface area contributed by atoms with E-state index in [1.54, 1.807) is 13.0 Å². The average molecular weight is 564 g/mol. The minimum absolute atomic E-state index is 0.0487. The summed E-state index contributed by atoms with van der Waals surface area (Å²) in [5.41, 5.74) is 2.02. The van der Waals surface area contributed by atoms with Gasteiger partial charge in [-0.1, -0.05) is 11.6 Å². The van der Waals surface area contributed by atoms with Gasteiger partial charge < -0.3 is 29.8 Å². The van der Waals surface area contributed by atoms with Gasteiger partial charge in [-0.05, 0) is 57.9 Å². The van der Waals surface area contributed by atoms with Gasteiger partial charge in [-0.25, -0.2) is 0 Å². The molecule has 4 rings (SSSR count). The Hall–Kier alpha value is -2.69. The van der Waals surface area contributed by atoms with Crippen LogP contribution in [0.2, 0.25) is 5.02 Å². The number of amides is 2. The van der Waals surface area contributed by atoms with Gasteiger partial charge in [0.1, 0.15) is 6.61 Å². The summed E-state index contributed by atoms with van der Waals surface area (Å²) in [6.07, 6.45) is 5.09. The lowest BCUT2D eigenvalue weighted by Crippen LogP contribution is -2.47. The van der Waals surface area contributed by atoms with Crippen molar-refractivity contribution in [2.45, 2.75) is 69.7 Å². The molecule has 1 saturated carbocycles. The Labute approximate surface area is 231 Å². The van der Waals surface area contributed by atoms with Crippen LogP contribution in [0.15, 0.2) is 21.8 Å². The number of pyridine rings is 1. The Balaban J connectivity index is 1.46. The number of thioether (sulfide) groups is 1. The molecule has 2 amide bonds. The van der Waals surface area contributed by atoms with E-state index in [0.717, 1.165) is 36.3 Å². The highest BCUT2D eigenvalue weighted by atomic mass is 35.5. The molecule has 0 spiro atoms. The number of carbonyl (C=O) groups excluding carboxylic acids is 2. The lowest BCUT2D eigenvalue weighted by molar-refractivity contribution is -0.128. The quantitative estimate of drug-likeness (QED) is 0.414. The third-order valence-corrected chi connectivity index (χ3v) is 8.36. The zero-order valence-corrected chi connectivity index (χ0v) is 23.9. The number of rotatable bonds is 8. The summed E-state index contributed by atoms with van der Waals surface area (Å²) in [4.78, 5) is 41.1. The average Bonchev–Trinajstić information content (AvgIpc) is 3.25. The molecule has 38 heavy (non-hydrogen) atoms. The molecule has 1 aliphatic carbocycles. The number of H-pyrrole nitrogens is 1. The number of fused-ring (bicyclic) bond motifs is 1. The summed E-state index contributed by atoms with van der Waals surface area (Å²) in [5.74, 6) is -0.444. The van der Waals surface area contributed by atoms with Gasteiger partial charge >= 0.3 is 0 Å². The van der Waals surface area contributed by atoms with E-state index in [0.29, 0.717) is 28.2 Å². The summed E-state index contributed by atoms with van der Waals surface area (Å²) in [6.45, 7) is 5.64.